The minimum absolute atomic E-state index is 0. The molecule has 0 radical (unpaired) electrons. The fourth-order valence-corrected chi connectivity index (χ4v) is 3.43. The molecule has 5 heteroatoms. The Hall–Kier alpha value is -2.82. The zero-order chi connectivity index (χ0) is 22.2. The van der Waals surface area contributed by atoms with Gasteiger partial charge in [0.15, 0.2) is 0 Å². The number of ether oxygens (including phenoxy) is 1. The van der Waals surface area contributed by atoms with E-state index in [9.17, 15) is 4.79 Å². The zero-order valence-corrected chi connectivity index (χ0v) is 20.1. The van der Waals surface area contributed by atoms with Crippen LogP contribution in [0.3, 0.4) is 0 Å². The van der Waals surface area contributed by atoms with E-state index in [4.69, 9.17) is 4.74 Å². The number of para-hydroxylation sites is 1. The van der Waals surface area contributed by atoms with Crippen LogP contribution in [0, 0.1) is 13.8 Å². The van der Waals surface area contributed by atoms with Gasteiger partial charge in [0.1, 0.15) is 12.4 Å². The molecule has 32 heavy (non-hydrogen) atoms. The van der Waals surface area contributed by atoms with E-state index in [0.29, 0.717) is 18.2 Å². The molecule has 1 amide bonds. The van der Waals surface area contributed by atoms with Crippen LogP contribution in [-0.2, 0) is 6.42 Å². The van der Waals surface area contributed by atoms with Gasteiger partial charge in [-0.25, -0.2) is 0 Å². The van der Waals surface area contributed by atoms with E-state index >= 15 is 0 Å². The summed E-state index contributed by atoms with van der Waals surface area (Å²) in [6.07, 6.45) is 0.942. The Kier molecular flexibility index (Phi) is 9.76. The fraction of sp³-hybridized carbons (Fsp3) is 0.296. The molecule has 0 spiro atoms. The van der Waals surface area contributed by atoms with E-state index in [1.54, 1.807) is 0 Å². The molecule has 1 atom stereocenters. The molecule has 0 aromatic heterocycles. The highest BCUT2D eigenvalue weighted by Crippen LogP contribution is 2.22. The van der Waals surface area contributed by atoms with E-state index < -0.39 is 0 Å². The number of hydrogen-bond acceptors (Lipinski definition) is 3. The van der Waals surface area contributed by atoms with E-state index in [0.717, 1.165) is 24.4 Å². The van der Waals surface area contributed by atoms with Crippen molar-refractivity contribution >= 4 is 24.0 Å². The minimum Gasteiger partial charge on any atom is -0.491 e. The summed E-state index contributed by atoms with van der Waals surface area (Å²) in [5.74, 6) is 0.904. The molecule has 0 aliphatic rings. The number of nitrogens with zero attached hydrogens (tertiary/aromatic N) is 1. The third-order valence-electron chi connectivity index (χ3n) is 5.63. The van der Waals surface area contributed by atoms with Gasteiger partial charge in [0.2, 0.25) is 0 Å². The molecule has 0 saturated heterocycles. The van der Waals surface area contributed by atoms with Crippen LogP contribution in [0.5, 0.6) is 5.75 Å². The molecule has 0 fully saturated rings. The number of carbonyl (C=O) groups is 1. The first-order valence-electron chi connectivity index (χ1n) is 10.8. The molecular formula is C27H33ClN2O2. The van der Waals surface area contributed by atoms with Gasteiger partial charge in [-0.15, -0.1) is 12.4 Å². The molecule has 3 aromatic carbocycles. The second-order valence-electron chi connectivity index (χ2n) is 8.13. The zero-order valence-electron chi connectivity index (χ0n) is 19.3. The van der Waals surface area contributed by atoms with Crippen molar-refractivity contribution in [2.24, 2.45) is 0 Å². The van der Waals surface area contributed by atoms with E-state index in [-0.39, 0.29) is 18.3 Å². The van der Waals surface area contributed by atoms with Crippen LogP contribution in [0.2, 0.25) is 0 Å². The van der Waals surface area contributed by atoms with E-state index in [1.165, 1.54) is 16.7 Å². The van der Waals surface area contributed by atoms with Crippen LogP contribution < -0.4 is 10.1 Å². The maximum Gasteiger partial charge on any atom is 0.255 e. The van der Waals surface area contributed by atoms with Crippen molar-refractivity contribution in [1.82, 2.24) is 4.90 Å². The Bertz CT molecular complexity index is 970. The molecule has 0 saturated carbocycles. The summed E-state index contributed by atoms with van der Waals surface area (Å²) >= 11 is 0. The molecule has 0 aliphatic heterocycles. The summed E-state index contributed by atoms with van der Waals surface area (Å²) < 4.78 is 6.11. The van der Waals surface area contributed by atoms with E-state index in [2.05, 4.69) is 68.4 Å². The first kappa shape index (κ1) is 25.4. The smallest absolute Gasteiger partial charge is 0.255 e. The van der Waals surface area contributed by atoms with Crippen LogP contribution in [-0.4, -0.2) is 37.0 Å². The summed E-state index contributed by atoms with van der Waals surface area (Å²) in [6.45, 7) is 7.96. The van der Waals surface area contributed by atoms with Gasteiger partial charge >= 0.3 is 0 Å². The lowest BCUT2D eigenvalue weighted by molar-refractivity contribution is 0.102. The molecule has 0 aliphatic carbocycles. The number of benzene rings is 3. The Balaban J connectivity index is 0.00000363. The number of amides is 1. The SMILES string of the molecule is Cc1cccc(C)c1OCC(C)N(C)CCc1ccc(NC(=O)c2ccccc2)cc1.Cl. The maximum atomic E-state index is 12.3. The van der Waals surface area contributed by atoms with Crippen LogP contribution in [0.15, 0.2) is 72.8 Å². The van der Waals surface area contributed by atoms with Crippen molar-refractivity contribution in [1.29, 1.82) is 0 Å². The lowest BCUT2D eigenvalue weighted by Crippen LogP contribution is -2.35. The van der Waals surface area contributed by atoms with Gasteiger partial charge in [-0.2, -0.15) is 0 Å². The molecule has 0 bridgehead atoms. The van der Waals surface area contributed by atoms with Gasteiger partial charge < -0.3 is 10.1 Å². The van der Waals surface area contributed by atoms with Gasteiger partial charge in [0.05, 0.1) is 0 Å². The Labute approximate surface area is 198 Å². The van der Waals surface area contributed by atoms with Gasteiger partial charge in [0, 0.05) is 23.8 Å². The highest BCUT2D eigenvalue weighted by Gasteiger charge is 2.12. The van der Waals surface area contributed by atoms with Crippen molar-refractivity contribution in [3.05, 3.63) is 95.1 Å². The first-order chi connectivity index (χ1) is 14.9. The highest BCUT2D eigenvalue weighted by molar-refractivity contribution is 6.04. The molecule has 170 valence electrons. The Morgan fingerprint density at radius 3 is 2.19 bits per heavy atom. The molecule has 1 unspecified atom stereocenters. The molecular weight excluding hydrogens is 420 g/mol. The standard InChI is InChI=1S/C27H32N2O2.ClH/c1-20-9-8-10-21(2)26(20)31-19-22(3)29(4)18-17-23-13-15-25(16-14-23)28-27(30)24-11-6-5-7-12-24;/h5-16,22H,17-19H2,1-4H3,(H,28,30);1H. The second-order valence-corrected chi connectivity index (χ2v) is 8.13. The lowest BCUT2D eigenvalue weighted by Gasteiger charge is -2.25. The van der Waals surface area contributed by atoms with Crippen molar-refractivity contribution in [3.8, 4) is 5.75 Å². The highest BCUT2D eigenvalue weighted by atomic mass is 35.5. The first-order valence-corrected chi connectivity index (χ1v) is 10.8. The number of rotatable bonds is 9. The topological polar surface area (TPSA) is 41.6 Å². The van der Waals surface area contributed by atoms with Gasteiger partial charge in [-0.05, 0) is 75.2 Å². The molecule has 4 nitrogen and oxygen atoms in total. The maximum absolute atomic E-state index is 12.3. The normalized spacial score (nSPS) is 11.5. The Morgan fingerprint density at radius 1 is 0.938 bits per heavy atom. The molecule has 3 rings (SSSR count). The second kappa shape index (κ2) is 12.3. The number of likely N-dealkylation sites (N-methyl/N-ethyl adjacent to an activating group) is 1. The average Bonchev–Trinajstić information content (AvgIpc) is 2.78. The quantitative estimate of drug-likeness (QED) is 0.438. The van der Waals surface area contributed by atoms with Gasteiger partial charge in [-0.3, -0.25) is 9.69 Å². The van der Waals surface area contributed by atoms with Crippen molar-refractivity contribution in [2.45, 2.75) is 33.2 Å². The van der Waals surface area contributed by atoms with Crippen molar-refractivity contribution < 1.29 is 9.53 Å². The molecule has 1 N–H and O–H groups in total. The third kappa shape index (κ3) is 7.11. The Morgan fingerprint density at radius 2 is 1.56 bits per heavy atom. The number of hydrogen-bond donors (Lipinski definition) is 1. The summed E-state index contributed by atoms with van der Waals surface area (Å²) in [5, 5.41) is 2.94. The van der Waals surface area contributed by atoms with E-state index in [1.807, 2.05) is 42.5 Å². The number of nitrogens with one attached hydrogen (secondary N) is 1. The van der Waals surface area contributed by atoms with Crippen LogP contribution in [0.25, 0.3) is 0 Å². The summed E-state index contributed by atoms with van der Waals surface area (Å²) in [7, 11) is 2.13. The third-order valence-corrected chi connectivity index (χ3v) is 5.63. The summed E-state index contributed by atoms with van der Waals surface area (Å²) in [4.78, 5) is 14.6. The van der Waals surface area contributed by atoms with Crippen molar-refractivity contribution in [2.75, 3.05) is 25.5 Å². The van der Waals surface area contributed by atoms with Gasteiger partial charge in [-0.1, -0.05) is 48.5 Å². The monoisotopic (exact) mass is 452 g/mol. The van der Waals surface area contributed by atoms with Crippen LogP contribution >= 0.6 is 12.4 Å². The number of carbonyl (C=O) groups excluding carboxylic acids is 1. The predicted octanol–water partition coefficient (Wildman–Crippen LogP) is 5.92. The number of aryl methyl sites for hydroxylation is 2. The van der Waals surface area contributed by atoms with Gasteiger partial charge in [0.25, 0.3) is 5.91 Å². The van der Waals surface area contributed by atoms with Crippen LogP contribution in [0.1, 0.15) is 34.0 Å². The summed E-state index contributed by atoms with van der Waals surface area (Å²) in [5.41, 5.74) is 5.06. The molecule has 0 heterocycles. The number of halogens is 1. The predicted molar refractivity (Wildman–Crippen MR) is 135 cm³/mol. The minimum atomic E-state index is -0.0919. The fourth-order valence-electron chi connectivity index (χ4n) is 3.43. The molecule has 3 aromatic rings. The number of anilines is 1. The lowest BCUT2D eigenvalue weighted by atomic mass is 10.1. The average molecular weight is 453 g/mol. The van der Waals surface area contributed by atoms with Crippen LogP contribution in [0.4, 0.5) is 5.69 Å². The largest absolute Gasteiger partial charge is 0.491 e. The van der Waals surface area contributed by atoms with Crippen molar-refractivity contribution in [3.63, 3.8) is 0 Å². The summed E-state index contributed by atoms with van der Waals surface area (Å²) in [6, 6.07) is 23.9.